The molecule has 0 aliphatic carbocycles. The van der Waals surface area contributed by atoms with Gasteiger partial charge in [0.1, 0.15) is 5.69 Å². The van der Waals surface area contributed by atoms with Crippen LogP contribution >= 0.6 is 11.6 Å². The number of nitrogens with zero attached hydrogens (tertiary/aromatic N) is 3. The van der Waals surface area contributed by atoms with Gasteiger partial charge in [0, 0.05) is 38.1 Å². The Labute approximate surface area is 149 Å². The van der Waals surface area contributed by atoms with Gasteiger partial charge in [-0.05, 0) is 30.3 Å². The highest BCUT2D eigenvalue weighted by Crippen LogP contribution is 2.29. The molecule has 0 radical (unpaired) electrons. The van der Waals surface area contributed by atoms with Crippen molar-refractivity contribution in [2.45, 2.75) is 0 Å². The summed E-state index contributed by atoms with van der Waals surface area (Å²) in [5.41, 5.74) is 1.73. The van der Waals surface area contributed by atoms with Gasteiger partial charge < -0.3 is 20.2 Å². The van der Waals surface area contributed by atoms with E-state index in [1.807, 2.05) is 11.0 Å². The summed E-state index contributed by atoms with van der Waals surface area (Å²) in [7, 11) is 0. The van der Waals surface area contributed by atoms with E-state index >= 15 is 0 Å². The molecule has 0 saturated carbocycles. The van der Waals surface area contributed by atoms with Crippen LogP contribution in [0.15, 0.2) is 42.6 Å². The third-order valence-electron chi connectivity index (χ3n) is 3.99. The Morgan fingerprint density at radius 2 is 1.88 bits per heavy atom. The van der Waals surface area contributed by atoms with E-state index < -0.39 is 6.09 Å². The number of carboxylic acid groups (broad SMARTS) is 1. The number of hydrogen-bond donors (Lipinski definition) is 2. The number of hydrogen-bond acceptors (Lipinski definition) is 4. The van der Waals surface area contributed by atoms with Crippen LogP contribution in [0.25, 0.3) is 0 Å². The zero-order valence-corrected chi connectivity index (χ0v) is 14.1. The number of aromatic nitrogens is 1. The summed E-state index contributed by atoms with van der Waals surface area (Å²) in [4.78, 5) is 30.5. The van der Waals surface area contributed by atoms with E-state index in [9.17, 15) is 9.59 Å². The van der Waals surface area contributed by atoms with Crippen LogP contribution in [0, 0.1) is 0 Å². The second kappa shape index (κ2) is 7.40. The van der Waals surface area contributed by atoms with Crippen molar-refractivity contribution < 1.29 is 14.7 Å². The fraction of sp³-hybridized carbons (Fsp3) is 0.235. The first kappa shape index (κ1) is 17.0. The molecular weight excluding hydrogens is 344 g/mol. The summed E-state index contributed by atoms with van der Waals surface area (Å²) in [5, 5.41) is 12.3. The maximum Gasteiger partial charge on any atom is 0.407 e. The number of carbonyl (C=O) groups is 2. The molecule has 1 aliphatic heterocycles. The van der Waals surface area contributed by atoms with Crippen LogP contribution in [0.3, 0.4) is 0 Å². The minimum atomic E-state index is -0.904. The van der Waals surface area contributed by atoms with Crippen molar-refractivity contribution in [1.82, 2.24) is 9.88 Å². The highest BCUT2D eigenvalue weighted by Gasteiger charge is 2.22. The number of pyridine rings is 1. The van der Waals surface area contributed by atoms with Crippen LogP contribution in [-0.4, -0.2) is 53.2 Å². The molecule has 1 aliphatic rings. The summed E-state index contributed by atoms with van der Waals surface area (Å²) in [6.45, 7) is 2.02. The van der Waals surface area contributed by atoms with Gasteiger partial charge in [0.25, 0.3) is 5.91 Å². The van der Waals surface area contributed by atoms with Gasteiger partial charge >= 0.3 is 6.09 Å². The van der Waals surface area contributed by atoms with Crippen LogP contribution < -0.4 is 10.2 Å². The third-order valence-corrected chi connectivity index (χ3v) is 4.30. The Kier molecular flexibility index (Phi) is 5.04. The zero-order chi connectivity index (χ0) is 17.8. The maximum absolute atomic E-state index is 12.1. The number of rotatable bonds is 3. The Morgan fingerprint density at radius 1 is 1.12 bits per heavy atom. The lowest BCUT2D eigenvalue weighted by Gasteiger charge is -2.35. The topological polar surface area (TPSA) is 85.8 Å². The molecule has 1 aromatic carbocycles. The molecule has 2 heterocycles. The van der Waals surface area contributed by atoms with Gasteiger partial charge in [-0.1, -0.05) is 17.7 Å². The van der Waals surface area contributed by atoms with Crippen LogP contribution in [0.5, 0.6) is 0 Å². The van der Waals surface area contributed by atoms with E-state index in [0.29, 0.717) is 42.6 Å². The Bertz CT molecular complexity index is 777. The van der Waals surface area contributed by atoms with Crippen LogP contribution in [0.2, 0.25) is 5.02 Å². The van der Waals surface area contributed by atoms with Gasteiger partial charge in [0.05, 0.1) is 10.7 Å². The largest absolute Gasteiger partial charge is 0.465 e. The summed E-state index contributed by atoms with van der Waals surface area (Å²) >= 11 is 6.35. The average Bonchev–Trinajstić information content (AvgIpc) is 2.62. The molecule has 8 heteroatoms. The predicted molar refractivity (Wildman–Crippen MR) is 95.5 cm³/mol. The van der Waals surface area contributed by atoms with E-state index in [0.717, 1.165) is 5.69 Å². The standard InChI is InChI=1S/C17H17ClN4O3/c18-13-11-12(20-16(23)14-3-1-2-6-19-14)4-5-15(13)21-7-9-22(10-8-21)17(24)25/h1-6,11H,7-10H2,(H,20,23)(H,24,25). The van der Waals surface area contributed by atoms with Crippen LogP contribution in [0.4, 0.5) is 16.2 Å². The van der Waals surface area contributed by atoms with Crippen LogP contribution in [0.1, 0.15) is 10.5 Å². The van der Waals surface area contributed by atoms with E-state index in [-0.39, 0.29) is 5.91 Å². The number of amides is 2. The number of benzene rings is 1. The van der Waals surface area contributed by atoms with E-state index in [1.54, 1.807) is 36.5 Å². The Balaban J connectivity index is 1.67. The summed E-state index contributed by atoms with van der Waals surface area (Å²) in [6, 6.07) is 10.4. The lowest BCUT2D eigenvalue weighted by atomic mass is 10.2. The minimum Gasteiger partial charge on any atom is -0.465 e. The molecule has 2 aromatic rings. The van der Waals surface area contributed by atoms with Crippen LogP contribution in [-0.2, 0) is 0 Å². The molecule has 1 fully saturated rings. The molecule has 7 nitrogen and oxygen atoms in total. The van der Waals surface area contributed by atoms with E-state index in [4.69, 9.17) is 16.7 Å². The number of piperazine rings is 1. The highest BCUT2D eigenvalue weighted by atomic mass is 35.5. The Hall–Kier alpha value is -2.80. The first-order chi connectivity index (χ1) is 12.0. The van der Waals surface area contributed by atoms with Crippen molar-refractivity contribution in [2.75, 3.05) is 36.4 Å². The monoisotopic (exact) mass is 360 g/mol. The first-order valence-electron chi connectivity index (χ1n) is 7.79. The van der Waals surface area contributed by atoms with Crippen molar-refractivity contribution >= 4 is 35.0 Å². The molecule has 3 rings (SSSR count). The Morgan fingerprint density at radius 3 is 2.48 bits per heavy atom. The molecule has 0 unspecified atom stereocenters. The van der Waals surface area contributed by atoms with Crippen molar-refractivity contribution in [3.8, 4) is 0 Å². The number of halogens is 1. The lowest BCUT2D eigenvalue weighted by molar-refractivity contribution is 0.102. The summed E-state index contributed by atoms with van der Waals surface area (Å²) < 4.78 is 0. The number of nitrogens with one attached hydrogen (secondary N) is 1. The minimum absolute atomic E-state index is 0.306. The molecular formula is C17H17ClN4O3. The van der Waals surface area contributed by atoms with Gasteiger partial charge in [-0.3, -0.25) is 9.78 Å². The second-order valence-corrected chi connectivity index (χ2v) is 6.00. The molecule has 0 atom stereocenters. The van der Waals surface area contributed by atoms with E-state index in [1.165, 1.54) is 4.90 Å². The molecule has 0 bridgehead atoms. The fourth-order valence-electron chi connectivity index (χ4n) is 2.67. The average molecular weight is 361 g/mol. The van der Waals surface area contributed by atoms with Crippen molar-refractivity contribution in [1.29, 1.82) is 0 Å². The van der Waals surface area contributed by atoms with Gasteiger partial charge in [-0.2, -0.15) is 0 Å². The molecule has 0 spiro atoms. The lowest BCUT2D eigenvalue weighted by Crippen LogP contribution is -2.48. The van der Waals surface area contributed by atoms with E-state index in [2.05, 4.69) is 10.3 Å². The van der Waals surface area contributed by atoms with Crippen molar-refractivity contribution in [2.24, 2.45) is 0 Å². The van der Waals surface area contributed by atoms with Gasteiger partial charge in [0.15, 0.2) is 0 Å². The molecule has 2 N–H and O–H groups in total. The summed E-state index contributed by atoms with van der Waals surface area (Å²) in [5.74, 6) is -0.306. The quantitative estimate of drug-likeness (QED) is 0.879. The smallest absolute Gasteiger partial charge is 0.407 e. The molecule has 25 heavy (non-hydrogen) atoms. The van der Waals surface area contributed by atoms with Gasteiger partial charge in [-0.25, -0.2) is 4.79 Å². The second-order valence-electron chi connectivity index (χ2n) is 5.59. The van der Waals surface area contributed by atoms with Gasteiger partial charge in [0.2, 0.25) is 0 Å². The molecule has 130 valence electrons. The van der Waals surface area contributed by atoms with Crippen molar-refractivity contribution in [3.05, 3.63) is 53.3 Å². The normalized spacial score (nSPS) is 14.3. The highest BCUT2D eigenvalue weighted by molar-refractivity contribution is 6.33. The fourth-order valence-corrected chi connectivity index (χ4v) is 2.97. The number of anilines is 2. The van der Waals surface area contributed by atoms with Crippen molar-refractivity contribution in [3.63, 3.8) is 0 Å². The molecule has 2 amide bonds. The molecule has 1 aromatic heterocycles. The SMILES string of the molecule is O=C(Nc1ccc(N2CCN(C(=O)O)CC2)c(Cl)c1)c1ccccn1. The predicted octanol–water partition coefficient (Wildman–Crippen LogP) is 2.79. The summed E-state index contributed by atoms with van der Waals surface area (Å²) in [6.07, 6.45) is 0.653. The zero-order valence-electron chi connectivity index (χ0n) is 13.4. The maximum atomic E-state index is 12.1. The van der Waals surface area contributed by atoms with Gasteiger partial charge in [-0.15, -0.1) is 0 Å². The number of carbonyl (C=O) groups excluding carboxylic acids is 1. The third kappa shape index (κ3) is 4.00. The molecule has 1 saturated heterocycles. The first-order valence-corrected chi connectivity index (χ1v) is 8.17.